The van der Waals surface area contributed by atoms with Crippen LogP contribution < -0.4 is 5.32 Å². The van der Waals surface area contributed by atoms with E-state index in [9.17, 15) is 13.2 Å². The van der Waals surface area contributed by atoms with Gasteiger partial charge in [0.2, 0.25) is 15.9 Å². The van der Waals surface area contributed by atoms with E-state index in [1.165, 1.54) is 49.9 Å². The lowest BCUT2D eigenvalue weighted by Gasteiger charge is -2.16. The summed E-state index contributed by atoms with van der Waals surface area (Å²) >= 11 is 2.97. The number of sulfonamides is 1. The Labute approximate surface area is 213 Å². The van der Waals surface area contributed by atoms with Crippen molar-refractivity contribution in [1.82, 2.24) is 14.3 Å². The van der Waals surface area contributed by atoms with Crippen molar-refractivity contribution in [3.8, 4) is 11.1 Å². The molecule has 4 aromatic rings. The number of amides is 1. The molecule has 0 aliphatic carbocycles. The monoisotopic (exact) mass is 526 g/mol. The number of nitrogens with one attached hydrogen (secondary N) is 1. The molecule has 0 fully saturated rings. The maximum absolute atomic E-state index is 13.1. The Kier molecular flexibility index (Phi) is 7.56. The summed E-state index contributed by atoms with van der Waals surface area (Å²) in [4.78, 5) is 23.1. The lowest BCUT2D eigenvalue weighted by Crippen LogP contribution is -2.25. The number of nitrogens with zero attached hydrogens (tertiary/aromatic N) is 3. The number of aromatic nitrogens is 2. The highest BCUT2D eigenvalue weighted by Gasteiger charge is 2.23. The van der Waals surface area contributed by atoms with Gasteiger partial charge in [0.1, 0.15) is 16.2 Å². The second-order valence-corrected chi connectivity index (χ2v) is 12.4. The number of anilines is 1. The van der Waals surface area contributed by atoms with Gasteiger partial charge in [-0.2, -0.15) is 0 Å². The Bertz CT molecular complexity index is 1450. The molecular weight excluding hydrogens is 501 g/mol. The van der Waals surface area contributed by atoms with E-state index in [4.69, 9.17) is 0 Å². The standard InChI is InChI=1S/C25H26N4O3S3/c1-5-21(23(30)28-18-10-12-19(13-11-18)35(31,32)29(3)4)34-25-22-20(14-33-24(22)26-15-27-25)17-8-6-16(2)7-9-17/h6-15,21H,5H2,1-4H3,(H,28,30). The molecule has 0 saturated heterocycles. The summed E-state index contributed by atoms with van der Waals surface area (Å²) in [7, 11) is -0.561. The zero-order valence-electron chi connectivity index (χ0n) is 19.8. The zero-order chi connectivity index (χ0) is 25.2. The molecule has 182 valence electrons. The summed E-state index contributed by atoms with van der Waals surface area (Å²) in [5.74, 6) is -0.167. The number of carbonyl (C=O) groups excluding carboxylic acids is 1. The highest BCUT2D eigenvalue weighted by molar-refractivity contribution is 8.00. The summed E-state index contributed by atoms with van der Waals surface area (Å²) in [6, 6.07) is 14.5. The van der Waals surface area contributed by atoms with Crippen molar-refractivity contribution in [3.05, 3.63) is 65.8 Å². The van der Waals surface area contributed by atoms with Crippen molar-refractivity contribution in [2.75, 3.05) is 19.4 Å². The van der Waals surface area contributed by atoms with Crippen LogP contribution in [0.5, 0.6) is 0 Å². The molecule has 1 unspecified atom stereocenters. The number of thiophene rings is 1. The minimum Gasteiger partial charge on any atom is -0.325 e. The molecule has 0 bridgehead atoms. The van der Waals surface area contributed by atoms with E-state index in [2.05, 4.69) is 51.9 Å². The summed E-state index contributed by atoms with van der Waals surface area (Å²) in [5, 5.41) is 6.32. The van der Waals surface area contributed by atoms with E-state index >= 15 is 0 Å². The molecule has 35 heavy (non-hydrogen) atoms. The van der Waals surface area contributed by atoms with Crippen LogP contribution in [0.1, 0.15) is 18.9 Å². The first-order chi connectivity index (χ1) is 16.7. The Morgan fingerprint density at radius 1 is 1.09 bits per heavy atom. The van der Waals surface area contributed by atoms with Crippen LogP contribution in [0.2, 0.25) is 0 Å². The Morgan fingerprint density at radius 3 is 2.40 bits per heavy atom. The predicted molar refractivity (Wildman–Crippen MR) is 143 cm³/mol. The average Bonchev–Trinajstić information content (AvgIpc) is 3.28. The number of rotatable bonds is 8. The normalized spacial score (nSPS) is 12.7. The maximum Gasteiger partial charge on any atom is 0.242 e. The number of hydrogen-bond acceptors (Lipinski definition) is 7. The fourth-order valence-electron chi connectivity index (χ4n) is 3.48. The maximum atomic E-state index is 13.1. The average molecular weight is 527 g/mol. The molecule has 1 atom stereocenters. The topological polar surface area (TPSA) is 92.3 Å². The number of carbonyl (C=O) groups is 1. The van der Waals surface area contributed by atoms with E-state index in [-0.39, 0.29) is 16.1 Å². The molecule has 1 amide bonds. The number of aryl methyl sites for hydroxylation is 1. The second kappa shape index (κ2) is 10.4. The van der Waals surface area contributed by atoms with Crippen LogP contribution in [0.4, 0.5) is 5.69 Å². The van der Waals surface area contributed by atoms with Crippen LogP contribution in [0.25, 0.3) is 21.3 Å². The van der Waals surface area contributed by atoms with Gasteiger partial charge in [-0.15, -0.1) is 11.3 Å². The van der Waals surface area contributed by atoms with Crippen molar-refractivity contribution >= 4 is 54.9 Å². The molecule has 0 aliphatic heterocycles. The Morgan fingerprint density at radius 2 is 1.77 bits per heavy atom. The molecular formula is C25H26N4O3S3. The van der Waals surface area contributed by atoms with Gasteiger partial charge in [-0.3, -0.25) is 4.79 Å². The fraction of sp³-hybridized carbons (Fsp3) is 0.240. The molecule has 7 nitrogen and oxygen atoms in total. The van der Waals surface area contributed by atoms with Crippen LogP contribution in [-0.4, -0.2) is 47.9 Å². The molecule has 10 heteroatoms. The number of thioether (sulfide) groups is 1. The smallest absolute Gasteiger partial charge is 0.242 e. The largest absolute Gasteiger partial charge is 0.325 e. The first-order valence-corrected chi connectivity index (χ1v) is 14.2. The minimum absolute atomic E-state index is 0.167. The third-order valence-corrected chi connectivity index (χ3v) is 9.60. The van der Waals surface area contributed by atoms with Crippen molar-refractivity contribution in [1.29, 1.82) is 0 Å². The van der Waals surface area contributed by atoms with E-state index in [0.717, 1.165) is 30.7 Å². The molecule has 0 aliphatic rings. The molecule has 2 aromatic heterocycles. The minimum atomic E-state index is -3.53. The highest BCUT2D eigenvalue weighted by atomic mass is 32.2. The summed E-state index contributed by atoms with van der Waals surface area (Å²) in [5.41, 5.74) is 3.87. The lowest BCUT2D eigenvalue weighted by atomic mass is 10.1. The van der Waals surface area contributed by atoms with E-state index < -0.39 is 10.0 Å². The lowest BCUT2D eigenvalue weighted by molar-refractivity contribution is -0.115. The molecule has 1 N–H and O–H groups in total. The van der Waals surface area contributed by atoms with E-state index in [0.29, 0.717) is 12.1 Å². The van der Waals surface area contributed by atoms with Gasteiger partial charge < -0.3 is 5.32 Å². The zero-order valence-corrected chi connectivity index (χ0v) is 22.3. The van der Waals surface area contributed by atoms with Gasteiger partial charge >= 0.3 is 0 Å². The van der Waals surface area contributed by atoms with Gasteiger partial charge in [-0.25, -0.2) is 22.7 Å². The molecule has 0 saturated carbocycles. The van der Waals surface area contributed by atoms with Crippen LogP contribution in [0.3, 0.4) is 0 Å². The van der Waals surface area contributed by atoms with Crippen LogP contribution >= 0.6 is 23.1 Å². The van der Waals surface area contributed by atoms with Crippen LogP contribution in [-0.2, 0) is 14.8 Å². The number of fused-ring (bicyclic) bond motifs is 1. The first kappa shape index (κ1) is 25.3. The predicted octanol–water partition coefficient (Wildman–Crippen LogP) is 5.43. The third kappa shape index (κ3) is 5.40. The number of benzene rings is 2. The van der Waals surface area contributed by atoms with Gasteiger partial charge in [-0.05, 0) is 43.2 Å². The van der Waals surface area contributed by atoms with Crippen LogP contribution in [0, 0.1) is 6.92 Å². The van der Waals surface area contributed by atoms with Gasteiger partial charge in [0.05, 0.1) is 15.5 Å². The summed E-state index contributed by atoms with van der Waals surface area (Å²) < 4.78 is 25.7. The molecule has 0 spiro atoms. The van der Waals surface area contributed by atoms with Gasteiger partial charge in [0, 0.05) is 30.7 Å². The molecule has 0 radical (unpaired) electrons. The molecule has 2 heterocycles. The second-order valence-electron chi connectivity index (χ2n) is 8.19. The van der Waals surface area contributed by atoms with Crippen molar-refractivity contribution in [3.63, 3.8) is 0 Å². The molecule has 4 rings (SSSR count). The Balaban J connectivity index is 1.56. The highest BCUT2D eigenvalue weighted by Crippen LogP contribution is 2.39. The van der Waals surface area contributed by atoms with E-state index in [1.54, 1.807) is 23.5 Å². The van der Waals surface area contributed by atoms with Crippen LogP contribution in [0.15, 0.2) is 70.2 Å². The van der Waals surface area contributed by atoms with Gasteiger partial charge in [0.15, 0.2) is 0 Å². The summed E-state index contributed by atoms with van der Waals surface area (Å²) in [6.45, 7) is 4.01. The first-order valence-electron chi connectivity index (χ1n) is 11.0. The fourth-order valence-corrected chi connectivity index (χ4v) is 6.40. The van der Waals surface area contributed by atoms with Crippen molar-refractivity contribution < 1.29 is 13.2 Å². The SMILES string of the molecule is CCC(Sc1ncnc2scc(-c3ccc(C)cc3)c12)C(=O)Nc1ccc(S(=O)(=O)N(C)C)cc1. The third-order valence-electron chi connectivity index (χ3n) is 5.52. The van der Waals surface area contributed by atoms with Gasteiger partial charge in [-0.1, -0.05) is 48.5 Å². The number of hydrogen-bond donors (Lipinski definition) is 1. The van der Waals surface area contributed by atoms with Crippen molar-refractivity contribution in [2.24, 2.45) is 0 Å². The molecule has 2 aromatic carbocycles. The Hall–Kier alpha value is -2.79. The van der Waals surface area contributed by atoms with E-state index in [1.807, 2.05) is 6.92 Å². The van der Waals surface area contributed by atoms with Crippen molar-refractivity contribution in [2.45, 2.75) is 35.4 Å². The quantitative estimate of drug-likeness (QED) is 0.243. The summed E-state index contributed by atoms with van der Waals surface area (Å²) in [6.07, 6.45) is 2.13. The van der Waals surface area contributed by atoms with Gasteiger partial charge in [0.25, 0.3) is 0 Å².